The van der Waals surface area contributed by atoms with Gasteiger partial charge in [-0.25, -0.2) is 5.43 Å². The number of benzene rings is 1. The fourth-order valence-corrected chi connectivity index (χ4v) is 2.50. The molecule has 0 aliphatic carbocycles. The third kappa shape index (κ3) is 2.99. The maximum Gasteiger partial charge on any atom is 0.271 e. The molecule has 0 fully saturated rings. The highest BCUT2D eigenvalue weighted by Gasteiger charge is 2.15. The minimum absolute atomic E-state index is 0.277. The Hall–Kier alpha value is -2.95. The zero-order chi connectivity index (χ0) is 16.2. The third-order valence-electron chi connectivity index (χ3n) is 3.65. The lowest BCUT2D eigenvalue weighted by atomic mass is 10.1. The average molecular weight is 307 g/mol. The molecule has 0 unspecified atom stereocenters. The van der Waals surface area contributed by atoms with E-state index >= 15 is 0 Å². The highest BCUT2D eigenvalue weighted by molar-refractivity contribution is 6.03. The second-order valence-electron chi connectivity index (χ2n) is 5.13. The number of rotatable bonds is 4. The van der Waals surface area contributed by atoms with Crippen molar-refractivity contribution in [1.82, 2.24) is 10.4 Å². The van der Waals surface area contributed by atoms with Crippen LogP contribution in [0.1, 0.15) is 35.5 Å². The Labute approximate surface area is 134 Å². The largest absolute Gasteiger partial charge is 0.454 e. The normalized spacial score (nSPS) is 11.7. The average Bonchev–Trinajstić information content (AvgIpc) is 2.98. The van der Waals surface area contributed by atoms with Gasteiger partial charge in [0, 0.05) is 28.9 Å². The van der Waals surface area contributed by atoms with Crippen molar-refractivity contribution < 1.29 is 9.21 Å². The fourth-order valence-electron chi connectivity index (χ4n) is 2.50. The molecule has 0 saturated carbocycles. The van der Waals surface area contributed by atoms with Crippen molar-refractivity contribution in [3.8, 4) is 0 Å². The molecule has 116 valence electrons. The van der Waals surface area contributed by atoms with E-state index in [1.54, 1.807) is 24.5 Å². The van der Waals surface area contributed by atoms with Gasteiger partial charge in [0.25, 0.3) is 5.91 Å². The van der Waals surface area contributed by atoms with Gasteiger partial charge in [0.05, 0.1) is 0 Å². The molecule has 0 atom stereocenters. The first-order valence-corrected chi connectivity index (χ1v) is 7.46. The molecule has 1 amide bonds. The van der Waals surface area contributed by atoms with Crippen molar-refractivity contribution in [3.05, 3.63) is 65.7 Å². The fraction of sp³-hybridized carbons (Fsp3) is 0.167. The highest BCUT2D eigenvalue weighted by Crippen LogP contribution is 2.26. The molecule has 3 aromatic rings. The van der Waals surface area contributed by atoms with Crippen LogP contribution in [-0.4, -0.2) is 16.6 Å². The van der Waals surface area contributed by atoms with Crippen LogP contribution in [0.25, 0.3) is 11.0 Å². The summed E-state index contributed by atoms with van der Waals surface area (Å²) in [6.45, 7) is 3.90. The number of para-hydroxylation sites is 1. The first-order valence-electron chi connectivity index (χ1n) is 7.46. The van der Waals surface area contributed by atoms with E-state index in [1.165, 1.54) is 0 Å². The molecule has 2 aromatic heterocycles. The summed E-state index contributed by atoms with van der Waals surface area (Å²) in [6, 6.07) is 11.2. The van der Waals surface area contributed by atoms with E-state index in [0.717, 1.165) is 23.0 Å². The summed E-state index contributed by atoms with van der Waals surface area (Å²) >= 11 is 0. The zero-order valence-electron chi connectivity index (χ0n) is 13.0. The molecule has 5 heteroatoms. The van der Waals surface area contributed by atoms with Crippen LogP contribution in [0.3, 0.4) is 0 Å². The van der Waals surface area contributed by atoms with Crippen LogP contribution < -0.4 is 5.43 Å². The number of nitrogens with zero attached hydrogens (tertiary/aromatic N) is 2. The Morgan fingerprint density at radius 2 is 1.96 bits per heavy atom. The highest BCUT2D eigenvalue weighted by atomic mass is 16.3. The number of aryl methyl sites for hydroxylation is 1. The summed E-state index contributed by atoms with van der Waals surface area (Å²) < 4.78 is 5.90. The molecule has 0 bridgehead atoms. The summed E-state index contributed by atoms with van der Waals surface area (Å²) in [4.78, 5) is 15.9. The van der Waals surface area contributed by atoms with Crippen molar-refractivity contribution in [2.45, 2.75) is 20.3 Å². The summed E-state index contributed by atoms with van der Waals surface area (Å²) in [5, 5.41) is 5.26. The standard InChI is InChI=1S/C18H17N3O2/c1-3-14-15-6-4-5-7-16(15)23-17(14)12(2)20-21-18(22)13-8-10-19-11-9-13/h4-11H,3H2,1-2H3,(H,21,22)/b20-12-. The Morgan fingerprint density at radius 3 is 2.70 bits per heavy atom. The molecule has 0 saturated heterocycles. The summed E-state index contributed by atoms with van der Waals surface area (Å²) in [7, 11) is 0. The Morgan fingerprint density at radius 1 is 1.22 bits per heavy atom. The van der Waals surface area contributed by atoms with Gasteiger partial charge in [-0.05, 0) is 31.5 Å². The number of amides is 1. The van der Waals surface area contributed by atoms with Gasteiger partial charge in [-0.15, -0.1) is 0 Å². The second-order valence-corrected chi connectivity index (χ2v) is 5.13. The van der Waals surface area contributed by atoms with Crippen molar-refractivity contribution in [2.24, 2.45) is 5.10 Å². The van der Waals surface area contributed by atoms with Gasteiger partial charge in [-0.1, -0.05) is 25.1 Å². The Bertz CT molecular complexity index is 866. The smallest absolute Gasteiger partial charge is 0.271 e. The number of pyridine rings is 1. The molecule has 5 nitrogen and oxygen atoms in total. The van der Waals surface area contributed by atoms with Gasteiger partial charge in [-0.3, -0.25) is 9.78 Å². The van der Waals surface area contributed by atoms with Crippen molar-refractivity contribution >= 4 is 22.6 Å². The topological polar surface area (TPSA) is 67.5 Å². The number of nitrogens with one attached hydrogen (secondary N) is 1. The molecule has 3 rings (SSSR count). The molecule has 0 aliphatic rings. The van der Waals surface area contributed by atoms with Gasteiger partial charge in [0.1, 0.15) is 11.3 Å². The van der Waals surface area contributed by atoms with Crippen LogP contribution in [0.2, 0.25) is 0 Å². The maximum atomic E-state index is 12.0. The SMILES string of the molecule is CCc1c(/C(C)=N\NC(=O)c2ccncc2)oc2ccccc12. The van der Waals surface area contributed by atoms with Crippen LogP contribution in [0.15, 0.2) is 58.3 Å². The molecular formula is C18H17N3O2. The molecule has 1 aromatic carbocycles. The van der Waals surface area contributed by atoms with E-state index in [4.69, 9.17) is 4.42 Å². The van der Waals surface area contributed by atoms with E-state index in [2.05, 4.69) is 22.4 Å². The number of hydrazone groups is 1. The first-order chi connectivity index (χ1) is 11.2. The van der Waals surface area contributed by atoms with Crippen molar-refractivity contribution in [3.63, 3.8) is 0 Å². The van der Waals surface area contributed by atoms with E-state index in [1.807, 2.05) is 31.2 Å². The Balaban J connectivity index is 1.88. The van der Waals surface area contributed by atoms with Gasteiger partial charge >= 0.3 is 0 Å². The van der Waals surface area contributed by atoms with Crippen molar-refractivity contribution in [1.29, 1.82) is 0 Å². The first kappa shape index (κ1) is 15.0. The number of furan rings is 1. The predicted octanol–water partition coefficient (Wildman–Crippen LogP) is 3.54. The molecule has 23 heavy (non-hydrogen) atoms. The summed E-state index contributed by atoms with van der Waals surface area (Å²) in [5.74, 6) is 0.435. The maximum absolute atomic E-state index is 12.0. The van der Waals surface area contributed by atoms with Crippen molar-refractivity contribution in [2.75, 3.05) is 0 Å². The summed E-state index contributed by atoms with van der Waals surface area (Å²) in [5.41, 5.74) is 5.63. The zero-order valence-corrected chi connectivity index (χ0v) is 13.0. The lowest BCUT2D eigenvalue weighted by molar-refractivity contribution is 0.0954. The minimum Gasteiger partial charge on any atom is -0.454 e. The minimum atomic E-state index is -0.277. The number of hydrogen-bond acceptors (Lipinski definition) is 4. The monoisotopic (exact) mass is 307 g/mol. The number of carbonyl (C=O) groups is 1. The van der Waals surface area contributed by atoms with Gasteiger partial charge < -0.3 is 4.42 Å². The van der Waals surface area contributed by atoms with Gasteiger partial charge in [0.15, 0.2) is 5.76 Å². The van der Waals surface area contributed by atoms with E-state index in [9.17, 15) is 4.79 Å². The predicted molar refractivity (Wildman–Crippen MR) is 89.5 cm³/mol. The van der Waals surface area contributed by atoms with Crippen LogP contribution in [0, 0.1) is 0 Å². The van der Waals surface area contributed by atoms with Crippen LogP contribution in [-0.2, 0) is 6.42 Å². The molecule has 2 heterocycles. The quantitative estimate of drug-likeness (QED) is 0.592. The van der Waals surface area contributed by atoms with E-state index in [-0.39, 0.29) is 5.91 Å². The molecule has 0 spiro atoms. The third-order valence-corrected chi connectivity index (χ3v) is 3.65. The van der Waals surface area contributed by atoms with E-state index < -0.39 is 0 Å². The number of fused-ring (bicyclic) bond motifs is 1. The number of hydrogen-bond donors (Lipinski definition) is 1. The van der Waals surface area contributed by atoms with E-state index in [0.29, 0.717) is 17.0 Å². The van der Waals surface area contributed by atoms with Gasteiger partial charge in [0.2, 0.25) is 0 Å². The molecular weight excluding hydrogens is 290 g/mol. The number of aromatic nitrogens is 1. The number of carbonyl (C=O) groups excluding carboxylic acids is 1. The lowest BCUT2D eigenvalue weighted by Gasteiger charge is -2.02. The van der Waals surface area contributed by atoms with Crippen LogP contribution >= 0.6 is 0 Å². The Kier molecular flexibility index (Phi) is 4.19. The second kappa shape index (κ2) is 6.44. The van der Waals surface area contributed by atoms with Crippen LogP contribution in [0.5, 0.6) is 0 Å². The van der Waals surface area contributed by atoms with Gasteiger partial charge in [-0.2, -0.15) is 5.10 Å². The summed E-state index contributed by atoms with van der Waals surface area (Å²) in [6.07, 6.45) is 3.97. The lowest BCUT2D eigenvalue weighted by Crippen LogP contribution is -2.19. The molecule has 0 radical (unpaired) electrons. The van der Waals surface area contributed by atoms with Crippen LogP contribution in [0.4, 0.5) is 0 Å². The molecule has 1 N–H and O–H groups in total. The molecule has 0 aliphatic heterocycles.